The molecule has 0 aliphatic heterocycles. The standard InChI is InChI=1S/C6H7ClN2OS/c7-4-1-2-11-5(4)3-6(8)9-10/h1-2,10H,3H2,(H2,8,9). The van der Waals surface area contributed by atoms with Gasteiger partial charge in [-0.05, 0) is 11.4 Å². The molecule has 1 heterocycles. The number of thiophene rings is 1. The Kier molecular flexibility index (Phi) is 2.73. The third-order valence-electron chi connectivity index (χ3n) is 1.16. The molecular weight excluding hydrogens is 184 g/mol. The summed E-state index contributed by atoms with van der Waals surface area (Å²) >= 11 is 7.25. The zero-order valence-corrected chi connectivity index (χ0v) is 7.19. The summed E-state index contributed by atoms with van der Waals surface area (Å²) in [5.41, 5.74) is 5.28. The molecule has 0 aliphatic carbocycles. The molecule has 1 rings (SSSR count). The summed E-state index contributed by atoms with van der Waals surface area (Å²) in [5.74, 6) is 0.175. The van der Waals surface area contributed by atoms with Crippen LogP contribution in [0, 0.1) is 0 Å². The Morgan fingerprint density at radius 2 is 2.55 bits per heavy atom. The Morgan fingerprint density at radius 3 is 3.00 bits per heavy atom. The molecule has 0 amide bonds. The first-order chi connectivity index (χ1) is 5.24. The number of nitrogens with zero attached hydrogens (tertiary/aromatic N) is 1. The van der Waals surface area contributed by atoms with Crippen LogP contribution in [0.4, 0.5) is 0 Å². The van der Waals surface area contributed by atoms with E-state index in [-0.39, 0.29) is 5.84 Å². The van der Waals surface area contributed by atoms with Crippen molar-refractivity contribution in [1.29, 1.82) is 0 Å². The summed E-state index contributed by atoms with van der Waals surface area (Å²) in [6.45, 7) is 0. The maximum Gasteiger partial charge on any atom is 0.144 e. The van der Waals surface area contributed by atoms with Crippen LogP contribution in [0.3, 0.4) is 0 Å². The minimum absolute atomic E-state index is 0.175. The van der Waals surface area contributed by atoms with E-state index >= 15 is 0 Å². The summed E-state index contributed by atoms with van der Waals surface area (Å²) in [6, 6.07) is 1.78. The fourth-order valence-corrected chi connectivity index (χ4v) is 1.77. The van der Waals surface area contributed by atoms with Crippen molar-refractivity contribution in [1.82, 2.24) is 0 Å². The second kappa shape index (κ2) is 3.59. The molecule has 11 heavy (non-hydrogen) atoms. The first-order valence-electron chi connectivity index (χ1n) is 2.92. The second-order valence-electron chi connectivity index (χ2n) is 1.96. The summed E-state index contributed by atoms with van der Waals surface area (Å²) < 4.78 is 0. The topological polar surface area (TPSA) is 58.6 Å². The van der Waals surface area contributed by atoms with Crippen LogP contribution in [0.2, 0.25) is 5.02 Å². The van der Waals surface area contributed by atoms with Gasteiger partial charge in [0.2, 0.25) is 0 Å². The van der Waals surface area contributed by atoms with Gasteiger partial charge in [-0.15, -0.1) is 11.3 Å². The van der Waals surface area contributed by atoms with Crippen molar-refractivity contribution in [3.05, 3.63) is 21.3 Å². The molecule has 1 aromatic rings. The maximum absolute atomic E-state index is 8.25. The molecule has 3 N–H and O–H groups in total. The zero-order valence-electron chi connectivity index (χ0n) is 5.62. The van der Waals surface area contributed by atoms with Gasteiger partial charge in [0.25, 0.3) is 0 Å². The van der Waals surface area contributed by atoms with E-state index in [2.05, 4.69) is 5.16 Å². The van der Waals surface area contributed by atoms with Gasteiger partial charge >= 0.3 is 0 Å². The third kappa shape index (κ3) is 2.10. The van der Waals surface area contributed by atoms with Gasteiger partial charge in [0.05, 0.1) is 5.02 Å². The minimum atomic E-state index is 0.175. The van der Waals surface area contributed by atoms with Gasteiger partial charge in [-0.2, -0.15) is 0 Å². The maximum atomic E-state index is 8.25. The van der Waals surface area contributed by atoms with Gasteiger partial charge in [0, 0.05) is 11.3 Å². The number of halogens is 1. The molecule has 0 radical (unpaired) electrons. The van der Waals surface area contributed by atoms with Crippen LogP contribution in [-0.4, -0.2) is 11.0 Å². The van der Waals surface area contributed by atoms with E-state index < -0.39 is 0 Å². The molecule has 0 spiro atoms. The molecule has 0 unspecified atom stereocenters. The van der Waals surface area contributed by atoms with Crippen molar-refractivity contribution in [2.24, 2.45) is 10.9 Å². The molecule has 60 valence electrons. The van der Waals surface area contributed by atoms with Gasteiger partial charge in [-0.1, -0.05) is 16.8 Å². The van der Waals surface area contributed by atoms with Gasteiger partial charge in [-0.25, -0.2) is 0 Å². The quantitative estimate of drug-likeness (QED) is 0.323. The highest BCUT2D eigenvalue weighted by molar-refractivity contribution is 7.10. The number of hydrogen-bond donors (Lipinski definition) is 2. The largest absolute Gasteiger partial charge is 0.409 e. The van der Waals surface area contributed by atoms with Gasteiger partial charge in [-0.3, -0.25) is 0 Å². The lowest BCUT2D eigenvalue weighted by molar-refractivity contribution is 0.317. The van der Waals surface area contributed by atoms with E-state index in [0.29, 0.717) is 11.4 Å². The van der Waals surface area contributed by atoms with Crippen LogP contribution < -0.4 is 5.73 Å². The molecular formula is C6H7ClN2OS. The lowest BCUT2D eigenvalue weighted by Crippen LogP contribution is -2.13. The van der Waals surface area contributed by atoms with Crippen LogP contribution >= 0.6 is 22.9 Å². The number of nitrogens with two attached hydrogens (primary N) is 1. The summed E-state index contributed by atoms with van der Waals surface area (Å²) in [7, 11) is 0. The van der Waals surface area contributed by atoms with Crippen LogP contribution in [0.5, 0.6) is 0 Å². The lowest BCUT2D eigenvalue weighted by atomic mass is 10.3. The van der Waals surface area contributed by atoms with Crippen molar-refractivity contribution in [2.75, 3.05) is 0 Å². The van der Waals surface area contributed by atoms with Crippen LogP contribution in [0.15, 0.2) is 16.6 Å². The predicted molar refractivity (Wildman–Crippen MR) is 46.4 cm³/mol. The molecule has 0 aliphatic rings. The van der Waals surface area contributed by atoms with E-state index in [1.807, 2.05) is 5.38 Å². The number of rotatable bonds is 2. The average molecular weight is 191 g/mol. The van der Waals surface area contributed by atoms with E-state index in [1.54, 1.807) is 6.07 Å². The predicted octanol–water partition coefficient (Wildman–Crippen LogP) is 1.69. The summed E-state index contributed by atoms with van der Waals surface area (Å²) in [6.07, 6.45) is 0.410. The van der Waals surface area contributed by atoms with Crippen molar-refractivity contribution < 1.29 is 5.21 Å². The minimum Gasteiger partial charge on any atom is -0.409 e. The average Bonchev–Trinajstić information content (AvgIpc) is 2.37. The van der Waals surface area contributed by atoms with E-state index in [9.17, 15) is 0 Å². The van der Waals surface area contributed by atoms with Gasteiger partial charge in [0.1, 0.15) is 5.84 Å². The summed E-state index contributed by atoms with van der Waals surface area (Å²) in [5, 5.41) is 13.6. The SMILES string of the molecule is N/C(Cc1sccc1Cl)=N/O. The Labute approximate surface area is 73.1 Å². The first kappa shape index (κ1) is 8.36. The van der Waals surface area contributed by atoms with Gasteiger partial charge < -0.3 is 10.9 Å². The Hall–Kier alpha value is -0.740. The zero-order chi connectivity index (χ0) is 8.27. The third-order valence-corrected chi connectivity index (χ3v) is 2.55. The highest BCUT2D eigenvalue weighted by atomic mass is 35.5. The Balaban J connectivity index is 2.72. The number of hydrogen-bond acceptors (Lipinski definition) is 3. The van der Waals surface area contributed by atoms with E-state index in [4.69, 9.17) is 22.5 Å². The fraction of sp³-hybridized carbons (Fsp3) is 0.167. The van der Waals surface area contributed by atoms with Crippen LogP contribution in [0.25, 0.3) is 0 Å². The highest BCUT2D eigenvalue weighted by Gasteiger charge is 2.03. The fourth-order valence-electron chi connectivity index (χ4n) is 0.651. The van der Waals surface area contributed by atoms with Gasteiger partial charge in [0.15, 0.2) is 0 Å². The van der Waals surface area contributed by atoms with Crippen LogP contribution in [-0.2, 0) is 6.42 Å². The Bertz CT molecular complexity index is 271. The lowest BCUT2D eigenvalue weighted by Gasteiger charge is -1.94. The summed E-state index contributed by atoms with van der Waals surface area (Å²) in [4.78, 5) is 0.918. The molecule has 0 saturated heterocycles. The normalized spacial score (nSPS) is 11.9. The number of amidine groups is 1. The Morgan fingerprint density at radius 1 is 1.82 bits per heavy atom. The van der Waals surface area contributed by atoms with E-state index in [1.165, 1.54) is 11.3 Å². The van der Waals surface area contributed by atoms with Crippen molar-refractivity contribution >= 4 is 28.8 Å². The van der Waals surface area contributed by atoms with Crippen molar-refractivity contribution in [2.45, 2.75) is 6.42 Å². The molecule has 5 heteroatoms. The molecule has 1 aromatic heterocycles. The molecule has 0 fully saturated rings. The highest BCUT2D eigenvalue weighted by Crippen LogP contribution is 2.22. The molecule has 0 aromatic carbocycles. The smallest absolute Gasteiger partial charge is 0.144 e. The second-order valence-corrected chi connectivity index (χ2v) is 3.37. The molecule has 3 nitrogen and oxygen atoms in total. The van der Waals surface area contributed by atoms with Crippen LogP contribution in [0.1, 0.15) is 4.88 Å². The molecule has 0 atom stereocenters. The number of oxime groups is 1. The monoisotopic (exact) mass is 190 g/mol. The molecule has 0 saturated carbocycles. The molecule has 0 bridgehead atoms. The first-order valence-corrected chi connectivity index (χ1v) is 4.18. The van der Waals surface area contributed by atoms with Crippen molar-refractivity contribution in [3.63, 3.8) is 0 Å². The van der Waals surface area contributed by atoms with E-state index in [0.717, 1.165) is 4.88 Å². The van der Waals surface area contributed by atoms with Crippen molar-refractivity contribution in [3.8, 4) is 0 Å².